The number of morpholine rings is 1. The number of hydrazone groups is 1. The Balaban J connectivity index is 1.05. The molecule has 0 amide bonds. The maximum absolute atomic E-state index is 14.2. The summed E-state index contributed by atoms with van der Waals surface area (Å²) in [6.07, 6.45) is 1.61. The number of aromatic nitrogens is 3. The van der Waals surface area contributed by atoms with Crippen LogP contribution in [0.15, 0.2) is 58.2 Å². The highest BCUT2D eigenvalue weighted by atomic mass is 19.2. The van der Waals surface area contributed by atoms with Crippen molar-refractivity contribution in [2.75, 3.05) is 39.5 Å². The van der Waals surface area contributed by atoms with Crippen molar-refractivity contribution in [1.82, 2.24) is 25.0 Å². The Morgan fingerprint density at radius 3 is 2.74 bits per heavy atom. The van der Waals surface area contributed by atoms with Crippen molar-refractivity contribution in [3.8, 4) is 28.4 Å². The molecule has 0 atom stereocenters. The van der Waals surface area contributed by atoms with Crippen LogP contribution in [0.4, 0.5) is 8.78 Å². The van der Waals surface area contributed by atoms with Crippen molar-refractivity contribution in [3.63, 3.8) is 0 Å². The molecule has 1 saturated heterocycles. The van der Waals surface area contributed by atoms with Gasteiger partial charge in [0.15, 0.2) is 17.4 Å². The molecule has 4 aromatic rings. The SMILES string of the molecule is Fc1cccc(-c2nc3c([nH]2)C=NN(Cc2cc(-c4ccc(OCCN5CCOCC5)cc4)no2)C3)c1F. The lowest BCUT2D eigenvalue weighted by atomic mass is 10.1. The molecule has 2 aliphatic rings. The molecule has 2 aliphatic heterocycles. The van der Waals surface area contributed by atoms with Crippen molar-refractivity contribution in [2.24, 2.45) is 5.10 Å². The van der Waals surface area contributed by atoms with E-state index < -0.39 is 11.6 Å². The minimum atomic E-state index is -0.936. The van der Waals surface area contributed by atoms with Crippen molar-refractivity contribution in [1.29, 1.82) is 0 Å². The Bertz CT molecular complexity index is 1430. The summed E-state index contributed by atoms with van der Waals surface area (Å²) in [4.78, 5) is 9.81. The van der Waals surface area contributed by atoms with Crippen molar-refractivity contribution in [3.05, 3.63) is 77.3 Å². The largest absolute Gasteiger partial charge is 0.492 e. The van der Waals surface area contributed by atoms with Crippen LogP contribution < -0.4 is 4.74 Å². The van der Waals surface area contributed by atoms with Gasteiger partial charge < -0.3 is 19.0 Å². The lowest BCUT2D eigenvalue weighted by molar-refractivity contribution is 0.0322. The van der Waals surface area contributed by atoms with Gasteiger partial charge in [0.1, 0.15) is 23.9 Å². The fourth-order valence-corrected chi connectivity index (χ4v) is 4.46. The van der Waals surface area contributed by atoms with E-state index in [1.807, 2.05) is 30.3 Å². The number of fused-ring (bicyclic) bond motifs is 1. The number of rotatable bonds is 8. The third-order valence-corrected chi connectivity index (χ3v) is 6.53. The second-order valence-electron chi connectivity index (χ2n) is 9.12. The molecule has 6 rings (SSSR count). The van der Waals surface area contributed by atoms with E-state index in [1.54, 1.807) is 11.2 Å². The average molecular weight is 521 g/mol. The number of benzene rings is 2. The Hall–Kier alpha value is -4.09. The molecule has 2 aromatic heterocycles. The predicted octanol–water partition coefficient (Wildman–Crippen LogP) is 4.07. The fourth-order valence-electron chi connectivity index (χ4n) is 4.46. The Morgan fingerprint density at radius 1 is 1.05 bits per heavy atom. The molecule has 2 aromatic carbocycles. The molecule has 9 nitrogen and oxygen atoms in total. The molecule has 196 valence electrons. The Kier molecular flexibility index (Phi) is 6.84. The standard InChI is InChI=1S/C27H26F2N6O3/c28-22-3-1-2-21(26(22)29)27-31-24-15-30-35(17-25(24)32-27)16-20-14-23(33-38-20)18-4-6-19(7-5-18)37-13-10-34-8-11-36-12-9-34/h1-7,14-15H,8-13,16-17H2,(H,31,32). The van der Waals surface area contributed by atoms with E-state index in [0.717, 1.165) is 50.2 Å². The molecule has 0 unspecified atom stereocenters. The quantitative estimate of drug-likeness (QED) is 0.375. The molecule has 0 bridgehead atoms. The first-order chi connectivity index (χ1) is 18.6. The summed E-state index contributed by atoms with van der Waals surface area (Å²) in [5.41, 5.74) is 3.05. The van der Waals surface area contributed by atoms with Gasteiger partial charge in [-0.3, -0.25) is 9.91 Å². The normalized spacial score (nSPS) is 15.6. The summed E-state index contributed by atoms with van der Waals surface area (Å²) >= 11 is 0. The summed E-state index contributed by atoms with van der Waals surface area (Å²) in [6, 6.07) is 13.6. The third-order valence-electron chi connectivity index (χ3n) is 6.53. The van der Waals surface area contributed by atoms with Crippen molar-refractivity contribution in [2.45, 2.75) is 13.1 Å². The fraction of sp³-hybridized carbons (Fsp3) is 0.296. The first kappa shape index (κ1) is 24.3. The lowest BCUT2D eigenvalue weighted by Crippen LogP contribution is -2.38. The van der Waals surface area contributed by atoms with E-state index >= 15 is 0 Å². The van der Waals surface area contributed by atoms with Crippen LogP contribution >= 0.6 is 0 Å². The summed E-state index contributed by atoms with van der Waals surface area (Å²) < 4.78 is 44.6. The smallest absolute Gasteiger partial charge is 0.169 e. The van der Waals surface area contributed by atoms with E-state index in [4.69, 9.17) is 14.0 Å². The van der Waals surface area contributed by atoms with Crippen molar-refractivity contribution < 1.29 is 22.8 Å². The van der Waals surface area contributed by atoms with Gasteiger partial charge in [0.2, 0.25) is 0 Å². The van der Waals surface area contributed by atoms with E-state index in [-0.39, 0.29) is 11.4 Å². The molecule has 1 N–H and O–H groups in total. The van der Waals surface area contributed by atoms with E-state index in [1.165, 1.54) is 12.1 Å². The van der Waals surface area contributed by atoms with Gasteiger partial charge in [-0.1, -0.05) is 11.2 Å². The van der Waals surface area contributed by atoms with Crippen LogP contribution in [0, 0.1) is 11.6 Å². The van der Waals surface area contributed by atoms with Gasteiger partial charge in [0.05, 0.1) is 49.5 Å². The second-order valence-corrected chi connectivity index (χ2v) is 9.12. The average Bonchev–Trinajstić information content (AvgIpc) is 3.58. The summed E-state index contributed by atoms with van der Waals surface area (Å²) in [5, 5.41) is 10.4. The molecule has 38 heavy (non-hydrogen) atoms. The van der Waals surface area contributed by atoms with Gasteiger partial charge in [-0.2, -0.15) is 5.10 Å². The third kappa shape index (κ3) is 5.29. The van der Waals surface area contributed by atoms with Crippen LogP contribution in [-0.2, 0) is 17.8 Å². The maximum Gasteiger partial charge on any atom is 0.169 e. The maximum atomic E-state index is 14.2. The number of imidazole rings is 1. The molecule has 0 spiro atoms. The minimum absolute atomic E-state index is 0.0766. The zero-order valence-corrected chi connectivity index (χ0v) is 20.6. The molecular weight excluding hydrogens is 494 g/mol. The number of nitrogens with one attached hydrogen (secondary N) is 1. The number of hydrogen-bond acceptors (Lipinski definition) is 8. The van der Waals surface area contributed by atoms with Gasteiger partial charge >= 0.3 is 0 Å². The Morgan fingerprint density at radius 2 is 1.89 bits per heavy atom. The molecule has 0 aliphatic carbocycles. The molecule has 4 heterocycles. The van der Waals surface area contributed by atoms with E-state index in [9.17, 15) is 8.78 Å². The van der Waals surface area contributed by atoms with E-state index in [2.05, 4.69) is 25.1 Å². The number of halogens is 2. The van der Waals surface area contributed by atoms with Crippen LogP contribution in [-0.4, -0.2) is 70.7 Å². The van der Waals surface area contributed by atoms with Gasteiger partial charge in [-0.25, -0.2) is 13.8 Å². The monoisotopic (exact) mass is 520 g/mol. The topological polar surface area (TPSA) is 92.0 Å². The number of aromatic amines is 1. The summed E-state index contributed by atoms with van der Waals surface area (Å²) in [7, 11) is 0. The van der Waals surface area contributed by atoms with E-state index in [0.29, 0.717) is 42.5 Å². The zero-order chi connectivity index (χ0) is 25.9. The van der Waals surface area contributed by atoms with Crippen LogP contribution in [0.3, 0.4) is 0 Å². The predicted molar refractivity (Wildman–Crippen MR) is 135 cm³/mol. The Labute approximate surface area is 217 Å². The molecule has 1 fully saturated rings. The number of hydrogen-bond donors (Lipinski definition) is 1. The summed E-state index contributed by atoms with van der Waals surface area (Å²) in [6.45, 7) is 5.70. The highest BCUT2D eigenvalue weighted by molar-refractivity contribution is 5.80. The minimum Gasteiger partial charge on any atom is -0.492 e. The molecule has 11 heteroatoms. The van der Waals surface area contributed by atoms with Gasteiger partial charge in [0.25, 0.3) is 0 Å². The molecular formula is C27H26F2N6O3. The number of ether oxygens (including phenoxy) is 2. The van der Waals surface area contributed by atoms with Crippen LogP contribution in [0.2, 0.25) is 0 Å². The number of H-pyrrole nitrogens is 1. The first-order valence-electron chi connectivity index (χ1n) is 12.4. The molecule has 0 radical (unpaired) electrons. The highest BCUT2D eigenvalue weighted by Crippen LogP contribution is 2.26. The second kappa shape index (κ2) is 10.7. The zero-order valence-electron chi connectivity index (χ0n) is 20.6. The van der Waals surface area contributed by atoms with Gasteiger partial charge in [-0.15, -0.1) is 0 Å². The highest BCUT2D eigenvalue weighted by Gasteiger charge is 2.21. The van der Waals surface area contributed by atoms with Crippen LogP contribution in [0.25, 0.3) is 22.6 Å². The van der Waals surface area contributed by atoms with Gasteiger partial charge in [-0.05, 0) is 36.4 Å². The lowest BCUT2D eigenvalue weighted by Gasteiger charge is -2.26. The number of nitrogens with zero attached hydrogens (tertiary/aromatic N) is 5. The van der Waals surface area contributed by atoms with Gasteiger partial charge in [0, 0.05) is 31.3 Å². The van der Waals surface area contributed by atoms with Crippen molar-refractivity contribution >= 4 is 6.21 Å². The first-order valence-corrected chi connectivity index (χ1v) is 12.4. The van der Waals surface area contributed by atoms with Crippen LogP contribution in [0.5, 0.6) is 5.75 Å². The molecule has 0 saturated carbocycles. The summed E-state index contributed by atoms with van der Waals surface area (Å²) in [5.74, 6) is -0.150. The van der Waals surface area contributed by atoms with Crippen LogP contribution in [0.1, 0.15) is 17.1 Å².